The van der Waals surface area contributed by atoms with Gasteiger partial charge in [0.05, 0.1) is 6.42 Å². The van der Waals surface area contributed by atoms with Gasteiger partial charge in [-0.2, -0.15) is 0 Å². The number of aliphatic carboxylic acids is 1. The molecule has 1 aromatic carbocycles. The summed E-state index contributed by atoms with van der Waals surface area (Å²) in [5, 5.41) is 20.4. The van der Waals surface area contributed by atoms with Crippen LogP contribution in [0.2, 0.25) is 0 Å². The number of rotatable bonds is 5. The number of hydrogen-bond acceptors (Lipinski definition) is 3. The van der Waals surface area contributed by atoms with E-state index in [9.17, 15) is 14.7 Å². The standard InChI is InChI=1S/C12H15NO4/c1-2-10(12(16)17)13-11(15)7-8-4-3-5-9(14)6-8/h3-6,10,14H,2,7H2,1H3,(H,13,15)(H,16,17)/t10-/m1/s1. The minimum absolute atomic E-state index is 0.0537. The lowest BCUT2D eigenvalue weighted by atomic mass is 10.1. The van der Waals surface area contributed by atoms with Crippen molar-refractivity contribution in [1.82, 2.24) is 5.32 Å². The summed E-state index contributed by atoms with van der Waals surface area (Å²) >= 11 is 0. The summed E-state index contributed by atoms with van der Waals surface area (Å²) in [4.78, 5) is 22.3. The molecular formula is C12H15NO4. The average Bonchev–Trinajstić information content (AvgIpc) is 2.25. The van der Waals surface area contributed by atoms with Gasteiger partial charge in [-0.3, -0.25) is 4.79 Å². The SMILES string of the molecule is CC[C@@H](NC(=O)Cc1cccc(O)c1)C(=O)O. The molecule has 5 heteroatoms. The van der Waals surface area contributed by atoms with Crippen LogP contribution >= 0.6 is 0 Å². The van der Waals surface area contributed by atoms with Gasteiger partial charge in [0.1, 0.15) is 11.8 Å². The van der Waals surface area contributed by atoms with Crippen molar-refractivity contribution < 1.29 is 19.8 Å². The van der Waals surface area contributed by atoms with E-state index in [2.05, 4.69) is 5.32 Å². The van der Waals surface area contributed by atoms with Crippen LogP contribution in [0.25, 0.3) is 0 Å². The Labute approximate surface area is 99.1 Å². The topological polar surface area (TPSA) is 86.6 Å². The molecule has 0 aliphatic rings. The first kappa shape index (κ1) is 13.0. The van der Waals surface area contributed by atoms with Crippen molar-refractivity contribution in [2.45, 2.75) is 25.8 Å². The van der Waals surface area contributed by atoms with E-state index in [0.717, 1.165) is 0 Å². The Balaban J connectivity index is 2.58. The lowest BCUT2D eigenvalue weighted by Gasteiger charge is -2.12. The summed E-state index contributed by atoms with van der Waals surface area (Å²) in [6, 6.07) is 5.45. The van der Waals surface area contributed by atoms with Gasteiger partial charge < -0.3 is 15.5 Å². The minimum Gasteiger partial charge on any atom is -0.508 e. The zero-order valence-electron chi connectivity index (χ0n) is 9.51. The average molecular weight is 237 g/mol. The normalized spacial score (nSPS) is 11.8. The predicted molar refractivity (Wildman–Crippen MR) is 61.7 cm³/mol. The number of amides is 1. The second kappa shape index (κ2) is 5.89. The summed E-state index contributed by atoms with van der Waals surface area (Å²) in [6.45, 7) is 1.69. The maximum absolute atomic E-state index is 11.5. The number of carboxylic acids is 1. The Morgan fingerprint density at radius 2 is 2.12 bits per heavy atom. The Bertz CT molecular complexity index is 417. The van der Waals surface area contributed by atoms with Gasteiger partial charge in [0.25, 0.3) is 0 Å². The number of carboxylic acid groups (broad SMARTS) is 1. The number of phenolic OH excluding ortho intramolecular Hbond substituents is 1. The summed E-state index contributed by atoms with van der Waals surface area (Å²) < 4.78 is 0. The third-order valence-corrected chi connectivity index (χ3v) is 2.32. The molecule has 0 aliphatic carbocycles. The van der Waals surface area contributed by atoms with Gasteiger partial charge in [0, 0.05) is 0 Å². The number of carbonyl (C=O) groups is 2. The van der Waals surface area contributed by atoms with Crippen LogP contribution in [0.5, 0.6) is 5.75 Å². The van der Waals surface area contributed by atoms with Gasteiger partial charge in [-0.1, -0.05) is 19.1 Å². The van der Waals surface area contributed by atoms with E-state index in [1.54, 1.807) is 19.1 Å². The van der Waals surface area contributed by atoms with Crippen LogP contribution in [0.4, 0.5) is 0 Å². The van der Waals surface area contributed by atoms with Crippen molar-refractivity contribution in [3.63, 3.8) is 0 Å². The van der Waals surface area contributed by atoms with Crippen LogP contribution in [-0.2, 0) is 16.0 Å². The molecule has 0 bridgehead atoms. The molecule has 0 spiro atoms. The molecule has 17 heavy (non-hydrogen) atoms. The molecule has 0 radical (unpaired) electrons. The van der Waals surface area contributed by atoms with Crippen LogP contribution in [0.3, 0.4) is 0 Å². The Kier molecular flexibility index (Phi) is 4.51. The number of aromatic hydroxyl groups is 1. The number of phenols is 1. The van der Waals surface area contributed by atoms with E-state index in [1.807, 2.05) is 0 Å². The fourth-order valence-electron chi connectivity index (χ4n) is 1.44. The molecule has 0 aromatic heterocycles. The number of nitrogens with one attached hydrogen (secondary N) is 1. The third kappa shape index (κ3) is 4.14. The first-order valence-electron chi connectivity index (χ1n) is 5.33. The molecule has 1 rings (SSSR count). The molecule has 0 saturated heterocycles. The lowest BCUT2D eigenvalue weighted by molar-refractivity contribution is -0.141. The highest BCUT2D eigenvalue weighted by Gasteiger charge is 2.17. The smallest absolute Gasteiger partial charge is 0.326 e. The van der Waals surface area contributed by atoms with Gasteiger partial charge in [-0.25, -0.2) is 4.79 Å². The zero-order valence-corrected chi connectivity index (χ0v) is 9.51. The fourth-order valence-corrected chi connectivity index (χ4v) is 1.44. The summed E-state index contributed by atoms with van der Waals surface area (Å²) in [5.41, 5.74) is 0.641. The van der Waals surface area contributed by atoms with Crippen molar-refractivity contribution in [2.75, 3.05) is 0 Å². The van der Waals surface area contributed by atoms with Crippen molar-refractivity contribution >= 4 is 11.9 Å². The highest BCUT2D eigenvalue weighted by atomic mass is 16.4. The molecule has 0 saturated carbocycles. The van der Waals surface area contributed by atoms with Crippen molar-refractivity contribution in [2.24, 2.45) is 0 Å². The third-order valence-electron chi connectivity index (χ3n) is 2.32. The number of carbonyl (C=O) groups excluding carboxylic acids is 1. The molecular weight excluding hydrogens is 222 g/mol. The largest absolute Gasteiger partial charge is 0.508 e. The molecule has 0 aliphatic heterocycles. The van der Waals surface area contributed by atoms with Gasteiger partial charge in [0.15, 0.2) is 0 Å². The molecule has 1 atom stereocenters. The van der Waals surface area contributed by atoms with E-state index in [1.165, 1.54) is 12.1 Å². The monoisotopic (exact) mass is 237 g/mol. The zero-order chi connectivity index (χ0) is 12.8. The van der Waals surface area contributed by atoms with Gasteiger partial charge >= 0.3 is 5.97 Å². The predicted octanol–water partition coefficient (Wildman–Crippen LogP) is 0.914. The summed E-state index contributed by atoms with van der Waals surface area (Å²) in [5.74, 6) is -1.33. The van der Waals surface area contributed by atoms with Crippen LogP contribution in [0.15, 0.2) is 24.3 Å². The lowest BCUT2D eigenvalue weighted by Crippen LogP contribution is -2.40. The van der Waals surface area contributed by atoms with E-state index in [4.69, 9.17) is 5.11 Å². The molecule has 0 fully saturated rings. The van der Waals surface area contributed by atoms with E-state index < -0.39 is 12.0 Å². The second-order valence-corrected chi connectivity index (χ2v) is 3.71. The highest BCUT2D eigenvalue weighted by molar-refractivity contribution is 5.84. The van der Waals surface area contributed by atoms with Crippen LogP contribution in [-0.4, -0.2) is 28.1 Å². The van der Waals surface area contributed by atoms with Crippen LogP contribution in [0.1, 0.15) is 18.9 Å². The van der Waals surface area contributed by atoms with Crippen LogP contribution < -0.4 is 5.32 Å². The van der Waals surface area contributed by atoms with Crippen molar-refractivity contribution in [3.8, 4) is 5.75 Å². The fraction of sp³-hybridized carbons (Fsp3) is 0.333. The highest BCUT2D eigenvalue weighted by Crippen LogP contribution is 2.11. The van der Waals surface area contributed by atoms with E-state index in [0.29, 0.717) is 12.0 Å². The molecule has 0 heterocycles. The molecule has 1 amide bonds. The first-order valence-corrected chi connectivity index (χ1v) is 5.33. The van der Waals surface area contributed by atoms with E-state index in [-0.39, 0.29) is 18.1 Å². The summed E-state index contributed by atoms with van der Waals surface area (Å²) in [6.07, 6.45) is 0.388. The first-order chi connectivity index (χ1) is 8.02. The van der Waals surface area contributed by atoms with Gasteiger partial charge in [-0.05, 0) is 24.1 Å². The summed E-state index contributed by atoms with van der Waals surface area (Å²) in [7, 11) is 0. The maximum atomic E-state index is 11.5. The van der Waals surface area contributed by atoms with Crippen LogP contribution in [0, 0.1) is 0 Å². The Morgan fingerprint density at radius 1 is 1.41 bits per heavy atom. The molecule has 1 aromatic rings. The second-order valence-electron chi connectivity index (χ2n) is 3.71. The molecule has 92 valence electrons. The molecule has 0 unspecified atom stereocenters. The van der Waals surface area contributed by atoms with Crippen molar-refractivity contribution in [1.29, 1.82) is 0 Å². The van der Waals surface area contributed by atoms with Gasteiger partial charge in [0.2, 0.25) is 5.91 Å². The quantitative estimate of drug-likeness (QED) is 0.710. The Hall–Kier alpha value is -2.04. The maximum Gasteiger partial charge on any atom is 0.326 e. The van der Waals surface area contributed by atoms with Gasteiger partial charge in [-0.15, -0.1) is 0 Å². The minimum atomic E-state index is -1.04. The molecule has 3 N–H and O–H groups in total. The van der Waals surface area contributed by atoms with E-state index >= 15 is 0 Å². The Morgan fingerprint density at radius 3 is 2.65 bits per heavy atom. The van der Waals surface area contributed by atoms with Crippen molar-refractivity contribution in [3.05, 3.63) is 29.8 Å². The number of benzene rings is 1. The molecule has 5 nitrogen and oxygen atoms in total. The number of hydrogen-bond donors (Lipinski definition) is 3.